The summed E-state index contributed by atoms with van der Waals surface area (Å²) in [6, 6.07) is 10.6. The number of halogens is 2. The molecular formula is C16H16ClFOS. The summed E-state index contributed by atoms with van der Waals surface area (Å²) in [5.74, 6) is 0.150. The minimum atomic E-state index is -1.18. The average molecular weight is 311 g/mol. The first-order chi connectivity index (χ1) is 9.45. The maximum absolute atomic E-state index is 13.7. The second-order valence-electron chi connectivity index (χ2n) is 4.92. The molecule has 0 aliphatic rings. The van der Waals surface area contributed by atoms with Gasteiger partial charge in [0.25, 0.3) is 0 Å². The highest BCUT2D eigenvalue weighted by atomic mass is 35.5. The van der Waals surface area contributed by atoms with Gasteiger partial charge in [-0.2, -0.15) is 0 Å². The van der Waals surface area contributed by atoms with Crippen molar-refractivity contribution in [2.24, 2.45) is 0 Å². The highest BCUT2D eigenvalue weighted by molar-refractivity contribution is 7.83. The normalized spacial score (nSPS) is 12.4. The number of hydrogen-bond acceptors (Lipinski definition) is 1. The predicted octanol–water partition coefficient (Wildman–Crippen LogP) is 4.54. The monoisotopic (exact) mass is 310 g/mol. The molecule has 0 N–H and O–H groups in total. The van der Waals surface area contributed by atoms with Crippen molar-refractivity contribution in [1.29, 1.82) is 0 Å². The first-order valence-electron chi connectivity index (χ1n) is 6.31. The lowest BCUT2D eigenvalue weighted by molar-refractivity contribution is 0.615. The molecule has 2 rings (SSSR count). The van der Waals surface area contributed by atoms with Crippen molar-refractivity contribution in [3.05, 3.63) is 69.5 Å². The van der Waals surface area contributed by atoms with Crippen LogP contribution in [-0.2, 0) is 22.3 Å². The van der Waals surface area contributed by atoms with Gasteiger partial charge in [-0.25, -0.2) is 4.39 Å². The smallest absolute Gasteiger partial charge is 0.128 e. The predicted molar refractivity (Wildman–Crippen MR) is 82.9 cm³/mol. The fraction of sp³-hybridized carbons (Fsp3) is 0.250. The quantitative estimate of drug-likeness (QED) is 0.810. The Hall–Kier alpha value is -1.19. The van der Waals surface area contributed by atoms with E-state index in [1.54, 1.807) is 12.1 Å². The van der Waals surface area contributed by atoms with E-state index in [0.29, 0.717) is 16.3 Å². The summed E-state index contributed by atoms with van der Waals surface area (Å²) >= 11 is 5.95. The number of aryl methyl sites for hydroxylation is 2. The maximum atomic E-state index is 13.7. The highest BCUT2D eigenvalue weighted by Crippen LogP contribution is 2.21. The summed E-state index contributed by atoms with van der Waals surface area (Å²) in [5.41, 5.74) is 3.62. The summed E-state index contributed by atoms with van der Waals surface area (Å²) in [6.45, 7) is 4.01. The summed E-state index contributed by atoms with van der Waals surface area (Å²) in [7, 11) is -1.18. The van der Waals surface area contributed by atoms with Crippen LogP contribution in [0, 0.1) is 19.7 Å². The molecule has 1 nitrogen and oxygen atoms in total. The molecule has 0 amide bonds. The Morgan fingerprint density at radius 1 is 1.10 bits per heavy atom. The fourth-order valence-corrected chi connectivity index (χ4v) is 3.79. The van der Waals surface area contributed by atoms with Gasteiger partial charge >= 0.3 is 0 Å². The Kier molecular flexibility index (Phi) is 4.95. The molecule has 0 saturated heterocycles. The molecule has 0 aliphatic carbocycles. The van der Waals surface area contributed by atoms with E-state index in [0.717, 1.165) is 16.7 Å². The van der Waals surface area contributed by atoms with Crippen LogP contribution in [0.5, 0.6) is 0 Å². The molecule has 2 aromatic carbocycles. The molecule has 0 aromatic heterocycles. The molecule has 1 unspecified atom stereocenters. The minimum Gasteiger partial charge on any atom is -0.259 e. The number of hydrogen-bond donors (Lipinski definition) is 0. The Morgan fingerprint density at radius 2 is 1.75 bits per heavy atom. The van der Waals surface area contributed by atoms with E-state index in [9.17, 15) is 8.60 Å². The van der Waals surface area contributed by atoms with Gasteiger partial charge in [-0.15, -0.1) is 0 Å². The van der Waals surface area contributed by atoms with Gasteiger partial charge in [0.05, 0.1) is 5.75 Å². The van der Waals surface area contributed by atoms with Gasteiger partial charge in [-0.05, 0) is 31.5 Å². The Morgan fingerprint density at radius 3 is 2.35 bits per heavy atom. The maximum Gasteiger partial charge on any atom is 0.128 e. The molecule has 0 radical (unpaired) electrons. The third kappa shape index (κ3) is 3.90. The van der Waals surface area contributed by atoms with Crippen molar-refractivity contribution in [3.8, 4) is 0 Å². The minimum absolute atomic E-state index is 0.137. The van der Waals surface area contributed by atoms with E-state index in [4.69, 9.17) is 11.6 Å². The van der Waals surface area contributed by atoms with Crippen LogP contribution in [0.4, 0.5) is 4.39 Å². The summed E-state index contributed by atoms with van der Waals surface area (Å²) in [4.78, 5) is 0. The van der Waals surface area contributed by atoms with Gasteiger partial charge in [-0.1, -0.05) is 47.0 Å². The van der Waals surface area contributed by atoms with Crippen LogP contribution >= 0.6 is 11.6 Å². The van der Waals surface area contributed by atoms with Crippen molar-refractivity contribution in [3.63, 3.8) is 0 Å². The van der Waals surface area contributed by atoms with Gasteiger partial charge in [0.15, 0.2) is 0 Å². The SMILES string of the molecule is Cc1cc(C)cc(CS(=O)Cc2c(F)cccc2Cl)c1. The van der Waals surface area contributed by atoms with Crippen molar-refractivity contribution in [2.75, 3.05) is 0 Å². The number of rotatable bonds is 4. The molecule has 1 atom stereocenters. The molecule has 0 heterocycles. The second-order valence-corrected chi connectivity index (χ2v) is 6.79. The molecule has 4 heteroatoms. The van der Waals surface area contributed by atoms with Crippen LogP contribution < -0.4 is 0 Å². The molecule has 0 aliphatic heterocycles. The van der Waals surface area contributed by atoms with Crippen molar-refractivity contribution in [1.82, 2.24) is 0 Å². The Labute approximate surface area is 126 Å². The molecule has 0 fully saturated rings. The molecule has 2 aromatic rings. The zero-order chi connectivity index (χ0) is 14.7. The molecule has 0 spiro atoms. The molecule has 106 valence electrons. The molecule has 20 heavy (non-hydrogen) atoms. The van der Waals surface area contributed by atoms with Crippen LogP contribution in [0.3, 0.4) is 0 Å². The summed E-state index contributed by atoms with van der Waals surface area (Å²) in [6.07, 6.45) is 0. The van der Waals surface area contributed by atoms with Crippen LogP contribution in [0.2, 0.25) is 5.02 Å². The van der Waals surface area contributed by atoms with E-state index >= 15 is 0 Å². The standard InChI is InChI=1S/C16H16ClFOS/c1-11-6-12(2)8-13(7-11)9-20(19)10-14-15(17)4-3-5-16(14)18/h3-8H,9-10H2,1-2H3. The van der Waals surface area contributed by atoms with E-state index in [2.05, 4.69) is 6.07 Å². The van der Waals surface area contributed by atoms with Crippen LogP contribution in [0.1, 0.15) is 22.3 Å². The second kappa shape index (κ2) is 6.51. The van der Waals surface area contributed by atoms with Crippen molar-refractivity contribution >= 4 is 22.4 Å². The first-order valence-corrected chi connectivity index (χ1v) is 8.17. The zero-order valence-electron chi connectivity index (χ0n) is 11.5. The lowest BCUT2D eigenvalue weighted by atomic mass is 10.1. The van der Waals surface area contributed by atoms with E-state index < -0.39 is 16.6 Å². The summed E-state index contributed by atoms with van der Waals surface area (Å²) < 4.78 is 25.9. The zero-order valence-corrected chi connectivity index (χ0v) is 13.0. The van der Waals surface area contributed by atoms with Crippen LogP contribution in [0.25, 0.3) is 0 Å². The third-order valence-corrected chi connectivity index (χ3v) is 4.60. The largest absolute Gasteiger partial charge is 0.259 e. The third-order valence-electron chi connectivity index (χ3n) is 2.98. The first kappa shape index (κ1) is 15.2. The lowest BCUT2D eigenvalue weighted by Gasteiger charge is -2.08. The van der Waals surface area contributed by atoms with Crippen LogP contribution in [0.15, 0.2) is 36.4 Å². The van der Waals surface area contributed by atoms with Gasteiger partial charge in [0, 0.05) is 27.1 Å². The molecular weight excluding hydrogens is 295 g/mol. The van der Waals surface area contributed by atoms with Crippen LogP contribution in [-0.4, -0.2) is 4.21 Å². The highest BCUT2D eigenvalue weighted by Gasteiger charge is 2.11. The van der Waals surface area contributed by atoms with Gasteiger partial charge in [0.1, 0.15) is 5.82 Å². The molecule has 0 saturated carbocycles. The van der Waals surface area contributed by atoms with Crippen molar-refractivity contribution < 1.29 is 8.60 Å². The van der Waals surface area contributed by atoms with Crippen molar-refractivity contribution in [2.45, 2.75) is 25.4 Å². The number of benzene rings is 2. The van der Waals surface area contributed by atoms with Gasteiger partial charge < -0.3 is 0 Å². The van der Waals surface area contributed by atoms with E-state index in [1.807, 2.05) is 26.0 Å². The molecule has 0 bridgehead atoms. The van der Waals surface area contributed by atoms with Gasteiger partial charge in [-0.3, -0.25) is 4.21 Å². The topological polar surface area (TPSA) is 17.1 Å². The Balaban J connectivity index is 2.13. The fourth-order valence-electron chi connectivity index (χ4n) is 2.22. The van der Waals surface area contributed by atoms with E-state index in [-0.39, 0.29) is 5.75 Å². The average Bonchev–Trinajstić information content (AvgIpc) is 2.32. The lowest BCUT2D eigenvalue weighted by Crippen LogP contribution is -2.02. The Bertz CT molecular complexity index is 614. The van der Waals surface area contributed by atoms with E-state index in [1.165, 1.54) is 6.07 Å². The van der Waals surface area contributed by atoms with Gasteiger partial charge in [0.2, 0.25) is 0 Å². The summed E-state index contributed by atoms with van der Waals surface area (Å²) in [5, 5.41) is 0.332.